The van der Waals surface area contributed by atoms with Crippen LogP contribution in [0.5, 0.6) is 0 Å². The first-order chi connectivity index (χ1) is 9.60. The third kappa shape index (κ3) is 3.90. The molecule has 3 nitrogen and oxygen atoms in total. The zero-order valence-corrected chi connectivity index (χ0v) is 12.8. The lowest BCUT2D eigenvalue weighted by Crippen LogP contribution is -2.45. The van der Waals surface area contributed by atoms with Crippen molar-refractivity contribution in [3.05, 3.63) is 34.9 Å². The number of aryl methyl sites for hydroxylation is 2. The van der Waals surface area contributed by atoms with Crippen LogP contribution < -0.4 is 0 Å². The van der Waals surface area contributed by atoms with E-state index in [0.717, 1.165) is 49.4 Å². The summed E-state index contributed by atoms with van der Waals surface area (Å²) in [5, 5.41) is 0. The molecule has 1 atom stereocenters. The molecule has 1 aromatic carbocycles. The van der Waals surface area contributed by atoms with Gasteiger partial charge in [-0.3, -0.25) is 9.69 Å². The van der Waals surface area contributed by atoms with Crippen molar-refractivity contribution in [1.82, 2.24) is 4.90 Å². The monoisotopic (exact) mass is 275 g/mol. The van der Waals surface area contributed by atoms with Gasteiger partial charge in [0.25, 0.3) is 0 Å². The van der Waals surface area contributed by atoms with Gasteiger partial charge >= 0.3 is 0 Å². The van der Waals surface area contributed by atoms with E-state index in [9.17, 15) is 4.79 Å². The summed E-state index contributed by atoms with van der Waals surface area (Å²) in [6.07, 6.45) is 1.68. The molecule has 0 radical (unpaired) electrons. The van der Waals surface area contributed by atoms with Gasteiger partial charge in [-0.25, -0.2) is 0 Å². The number of carbonyl (C=O) groups is 1. The molecule has 110 valence electrons. The van der Waals surface area contributed by atoms with E-state index in [1.807, 2.05) is 26.0 Å². The lowest BCUT2D eigenvalue weighted by molar-refractivity contribution is -0.00839. The van der Waals surface area contributed by atoms with Crippen molar-refractivity contribution in [1.29, 1.82) is 0 Å². The zero-order chi connectivity index (χ0) is 14.5. The van der Waals surface area contributed by atoms with Crippen LogP contribution in [0.25, 0.3) is 0 Å². The normalized spacial score (nSPS) is 20.1. The molecule has 0 aromatic heterocycles. The Kier molecular flexibility index (Phi) is 5.32. The standard InChI is InChI=1S/C17H25NO2/c1-4-16-12-20-8-7-18(16)6-5-17(19)15-10-13(2)9-14(3)11-15/h9-11,16H,4-8,12H2,1-3H3. The Labute approximate surface area is 121 Å². The molecule has 1 aromatic rings. The van der Waals surface area contributed by atoms with Crippen molar-refractivity contribution in [3.63, 3.8) is 0 Å². The maximum atomic E-state index is 12.3. The molecule has 2 rings (SSSR count). The smallest absolute Gasteiger partial charge is 0.164 e. The molecule has 0 saturated carbocycles. The third-order valence-electron chi connectivity index (χ3n) is 3.99. The number of ether oxygens (including phenoxy) is 1. The van der Waals surface area contributed by atoms with Crippen LogP contribution in [0.1, 0.15) is 41.3 Å². The van der Waals surface area contributed by atoms with Crippen molar-refractivity contribution in [2.45, 2.75) is 39.7 Å². The first kappa shape index (κ1) is 15.2. The van der Waals surface area contributed by atoms with Crippen LogP contribution in [0.3, 0.4) is 0 Å². The van der Waals surface area contributed by atoms with Gasteiger partial charge in [0.2, 0.25) is 0 Å². The largest absolute Gasteiger partial charge is 0.378 e. The Morgan fingerprint density at radius 2 is 2.00 bits per heavy atom. The first-order valence-electron chi connectivity index (χ1n) is 7.53. The molecule has 0 spiro atoms. The van der Waals surface area contributed by atoms with E-state index in [-0.39, 0.29) is 5.78 Å². The lowest BCUT2D eigenvalue weighted by atomic mass is 10.0. The van der Waals surface area contributed by atoms with Gasteiger partial charge in [-0.2, -0.15) is 0 Å². The summed E-state index contributed by atoms with van der Waals surface area (Å²) in [4.78, 5) is 14.7. The molecular formula is C17H25NO2. The Hall–Kier alpha value is -1.19. The lowest BCUT2D eigenvalue weighted by Gasteiger charge is -2.34. The van der Waals surface area contributed by atoms with Crippen LogP contribution in [0, 0.1) is 13.8 Å². The quantitative estimate of drug-likeness (QED) is 0.774. The highest BCUT2D eigenvalue weighted by Crippen LogP contribution is 2.14. The van der Waals surface area contributed by atoms with E-state index in [0.29, 0.717) is 12.5 Å². The summed E-state index contributed by atoms with van der Waals surface area (Å²) < 4.78 is 5.50. The molecular weight excluding hydrogens is 250 g/mol. The minimum absolute atomic E-state index is 0.248. The van der Waals surface area contributed by atoms with Crippen LogP contribution in [0.4, 0.5) is 0 Å². The van der Waals surface area contributed by atoms with Crippen molar-refractivity contribution < 1.29 is 9.53 Å². The Morgan fingerprint density at radius 3 is 2.65 bits per heavy atom. The van der Waals surface area contributed by atoms with Crippen molar-refractivity contribution in [2.75, 3.05) is 26.3 Å². The molecule has 0 aliphatic carbocycles. The van der Waals surface area contributed by atoms with Gasteiger partial charge < -0.3 is 4.74 Å². The summed E-state index contributed by atoms with van der Waals surface area (Å²) in [5.74, 6) is 0.248. The van der Waals surface area contributed by atoms with Crippen LogP contribution in [0.2, 0.25) is 0 Å². The van der Waals surface area contributed by atoms with E-state index < -0.39 is 0 Å². The van der Waals surface area contributed by atoms with E-state index >= 15 is 0 Å². The van der Waals surface area contributed by atoms with Gasteiger partial charge in [-0.05, 0) is 32.4 Å². The van der Waals surface area contributed by atoms with Gasteiger partial charge in [-0.15, -0.1) is 0 Å². The molecule has 0 N–H and O–H groups in total. The molecule has 1 fully saturated rings. The molecule has 1 saturated heterocycles. The maximum Gasteiger partial charge on any atom is 0.164 e. The summed E-state index contributed by atoms with van der Waals surface area (Å²) in [6.45, 7) is 9.63. The Balaban J connectivity index is 1.94. The topological polar surface area (TPSA) is 29.5 Å². The minimum Gasteiger partial charge on any atom is -0.378 e. The number of morpholine rings is 1. The second-order valence-electron chi connectivity index (χ2n) is 5.72. The second kappa shape index (κ2) is 7.00. The number of nitrogens with zero attached hydrogens (tertiary/aromatic N) is 1. The average molecular weight is 275 g/mol. The molecule has 0 bridgehead atoms. The molecule has 1 unspecified atom stereocenters. The summed E-state index contributed by atoms with van der Waals surface area (Å²) in [5.41, 5.74) is 3.17. The molecule has 1 aliphatic heterocycles. The van der Waals surface area contributed by atoms with Gasteiger partial charge in [0.15, 0.2) is 5.78 Å². The number of carbonyl (C=O) groups excluding carboxylic acids is 1. The Bertz CT molecular complexity index is 450. The van der Waals surface area contributed by atoms with Gasteiger partial charge in [-0.1, -0.05) is 24.1 Å². The third-order valence-corrected chi connectivity index (χ3v) is 3.99. The second-order valence-corrected chi connectivity index (χ2v) is 5.72. The Morgan fingerprint density at radius 1 is 1.30 bits per heavy atom. The fourth-order valence-corrected chi connectivity index (χ4v) is 2.88. The highest BCUT2D eigenvalue weighted by molar-refractivity contribution is 5.96. The summed E-state index contributed by atoms with van der Waals surface area (Å²) in [7, 11) is 0. The van der Waals surface area contributed by atoms with Crippen LogP contribution in [-0.4, -0.2) is 43.0 Å². The van der Waals surface area contributed by atoms with E-state index in [4.69, 9.17) is 4.74 Å². The van der Waals surface area contributed by atoms with Crippen molar-refractivity contribution in [2.24, 2.45) is 0 Å². The molecule has 3 heteroatoms. The van der Waals surface area contributed by atoms with E-state index in [1.54, 1.807) is 0 Å². The maximum absolute atomic E-state index is 12.3. The summed E-state index contributed by atoms with van der Waals surface area (Å²) in [6, 6.07) is 6.56. The fraction of sp³-hybridized carbons (Fsp3) is 0.588. The van der Waals surface area contributed by atoms with Gasteiger partial charge in [0.1, 0.15) is 0 Å². The number of Topliss-reactive ketones (excluding diaryl/α,β-unsaturated/α-hetero) is 1. The van der Waals surface area contributed by atoms with Crippen LogP contribution in [-0.2, 0) is 4.74 Å². The van der Waals surface area contributed by atoms with E-state index in [2.05, 4.69) is 17.9 Å². The first-order valence-corrected chi connectivity index (χ1v) is 7.53. The molecule has 1 aliphatic rings. The highest BCUT2D eigenvalue weighted by atomic mass is 16.5. The van der Waals surface area contributed by atoms with Crippen LogP contribution >= 0.6 is 0 Å². The average Bonchev–Trinajstić information content (AvgIpc) is 2.44. The number of benzene rings is 1. The minimum atomic E-state index is 0.248. The summed E-state index contributed by atoms with van der Waals surface area (Å²) >= 11 is 0. The van der Waals surface area contributed by atoms with Gasteiger partial charge in [0.05, 0.1) is 13.2 Å². The van der Waals surface area contributed by atoms with Crippen molar-refractivity contribution >= 4 is 5.78 Å². The SMILES string of the molecule is CCC1COCCN1CCC(=O)c1cc(C)cc(C)c1. The zero-order valence-electron chi connectivity index (χ0n) is 12.8. The van der Waals surface area contributed by atoms with Gasteiger partial charge in [0, 0.05) is 31.1 Å². The number of rotatable bonds is 5. The molecule has 1 heterocycles. The van der Waals surface area contributed by atoms with E-state index in [1.165, 1.54) is 0 Å². The number of hydrogen-bond acceptors (Lipinski definition) is 3. The number of hydrogen-bond donors (Lipinski definition) is 0. The van der Waals surface area contributed by atoms with Crippen LogP contribution in [0.15, 0.2) is 18.2 Å². The fourth-order valence-electron chi connectivity index (χ4n) is 2.88. The molecule has 0 amide bonds. The highest BCUT2D eigenvalue weighted by Gasteiger charge is 2.21. The predicted molar refractivity (Wildman–Crippen MR) is 81.3 cm³/mol. The van der Waals surface area contributed by atoms with Crippen molar-refractivity contribution in [3.8, 4) is 0 Å². The predicted octanol–water partition coefficient (Wildman–Crippen LogP) is 2.99. The molecule has 20 heavy (non-hydrogen) atoms. The number of ketones is 1.